The zero-order chi connectivity index (χ0) is 13.5. The highest BCUT2D eigenvalue weighted by atomic mass is 16.3. The molecule has 0 spiro atoms. The standard InChI is InChI=1S/C15H17N3O2/c19-15(12-7-11-3-6-20-14(11)8-16-12)17-13-9-18-4-1-10(13)2-5-18/h3,6-8,10,13H,1-2,4-5,9H2,(H,17,19). The van der Waals surface area contributed by atoms with Gasteiger partial charge in [-0.2, -0.15) is 0 Å². The molecule has 0 radical (unpaired) electrons. The highest BCUT2D eigenvalue weighted by Crippen LogP contribution is 2.27. The van der Waals surface area contributed by atoms with E-state index in [-0.39, 0.29) is 11.9 Å². The van der Waals surface area contributed by atoms with E-state index < -0.39 is 0 Å². The van der Waals surface area contributed by atoms with Gasteiger partial charge in [-0.25, -0.2) is 4.98 Å². The number of amides is 1. The van der Waals surface area contributed by atoms with Crippen molar-refractivity contribution in [1.82, 2.24) is 15.2 Å². The van der Waals surface area contributed by atoms with E-state index in [1.54, 1.807) is 18.5 Å². The maximum atomic E-state index is 12.3. The molecule has 0 aromatic carbocycles. The van der Waals surface area contributed by atoms with E-state index in [4.69, 9.17) is 4.42 Å². The van der Waals surface area contributed by atoms with Crippen molar-refractivity contribution in [3.63, 3.8) is 0 Å². The predicted molar refractivity (Wildman–Crippen MR) is 74.4 cm³/mol. The highest BCUT2D eigenvalue weighted by Gasteiger charge is 2.35. The molecule has 5 heteroatoms. The Morgan fingerprint density at radius 3 is 3.00 bits per heavy atom. The summed E-state index contributed by atoms with van der Waals surface area (Å²) in [4.78, 5) is 18.9. The lowest BCUT2D eigenvalue weighted by molar-refractivity contribution is 0.0618. The van der Waals surface area contributed by atoms with E-state index in [1.165, 1.54) is 25.9 Å². The molecular weight excluding hydrogens is 254 g/mol. The first kappa shape index (κ1) is 11.9. The summed E-state index contributed by atoms with van der Waals surface area (Å²) in [5.74, 6) is 0.549. The third-order valence-corrected chi connectivity index (χ3v) is 4.55. The first-order valence-electron chi connectivity index (χ1n) is 7.16. The topological polar surface area (TPSA) is 58.4 Å². The number of nitrogens with zero attached hydrogens (tertiary/aromatic N) is 2. The third kappa shape index (κ3) is 1.98. The normalized spacial score (nSPS) is 28.7. The molecule has 1 N–H and O–H groups in total. The first-order chi connectivity index (χ1) is 9.79. The number of carbonyl (C=O) groups excluding carboxylic acids is 1. The lowest BCUT2D eigenvalue weighted by Gasteiger charge is -2.44. The van der Waals surface area contributed by atoms with Gasteiger partial charge in [-0.05, 0) is 44.0 Å². The van der Waals surface area contributed by atoms with Crippen LogP contribution in [0.5, 0.6) is 0 Å². The second kappa shape index (κ2) is 4.59. The van der Waals surface area contributed by atoms with Crippen molar-refractivity contribution in [2.75, 3.05) is 19.6 Å². The van der Waals surface area contributed by atoms with Crippen molar-refractivity contribution in [1.29, 1.82) is 0 Å². The summed E-state index contributed by atoms with van der Waals surface area (Å²) in [5.41, 5.74) is 1.18. The van der Waals surface area contributed by atoms with Crippen molar-refractivity contribution >= 4 is 16.9 Å². The Hall–Kier alpha value is -1.88. The summed E-state index contributed by atoms with van der Waals surface area (Å²) in [6, 6.07) is 3.91. The molecule has 1 atom stereocenters. The number of aromatic nitrogens is 1. The van der Waals surface area contributed by atoms with Gasteiger partial charge in [0.1, 0.15) is 5.69 Å². The van der Waals surface area contributed by atoms with Crippen LogP contribution in [0, 0.1) is 5.92 Å². The molecule has 0 saturated carbocycles. The average Bonchev–Trinajstić information content (AvgIpc) is 2.96. The van der Waals surface area contributed by atoms with Gasteiger partial charge >= 0.3 is 0 Å². The van der Waals surface area contributed by atoms with Crippen molar-refractivity contribution in [3.05, 3.63) is 30.3 Å². The van der Waals surface area contributed by atoms with Crippen molar-refractivity contribution in [3.8, 4) is 0 Å². The van der Waals surface area contributed by atoms with Crippen LogP contribution in [0.25, 0.3) is 11.0 Å². The minimum absolute atomic E-state index is 0.0770. The number of furan rings is 1. The van der Waals surface area contributed by atoms with Crippen molar-refractivity contribution < 1.29 is 9.21 Å². The molecule has 2 aromatic heterocycles. The van der Waals surface area contributed by atoms with Crippen LogP contribution in [-0.4, -0.2) is 41.5 Å². The van der Waals surface area contributed by atoms with E-state index in [2.05, 4.69) is 15.2 Å². The van der Waals surface area contributed by atoms with Crippen LogP contribution in [0.2, 0.25) is 0 Å². The van der Waals surface area contributed by atoms with E-state index >= 15 is 0 Å². The van der Waals surface area contributed by atoms with Crippen molar-refractivity contribution in [2.45, 2.75) is 18.9 Å². The Labute approximate surface area is 117 Å². The Kier molecular flexibility index (Phi) is 2.73. The Balaban J connectivity index is 1.52. The van der Waals surface area contributed by atoms with Gasteiger partial charge in [-0.3, -0.25) is 4.79 Å². The minimum atomic E-state index is -0.0770. The number of nitrogens with one attached hydrogen (secondary N) is 1. The van der Waals surface area contributed by atoms with Crippen LogP contribution in [0.1, 0.15) is 23.3 Å². The van der Waals surface area contributed by atoms with Crippen LogP contribution in [-0.2, 0) is 0 Å². The molecule has 104 valence electrons. The van der Waals surface area contributed by atoms with E-state index in [0.29, 0.717) is 17.2 Å². The van der Waals surface area contributed by atoms with Gasteiger partial charge < -0.3 is 14.6 Å². The van der Waals surface area contributed by atoms with Crippen molar-refractivity contribution in [2.24, 2.45) is 5.92 Å². The third-order valence-electron chi connectivity index (χ3n) is 4.55. The van der Waals surface area contributed by atoms with E-state index in [9.17, 15) is 4.79 Å². The second-order valence-corrected chi connectivity index (χ2v) is 5.75. The molecule has 0 aliphatic carbocycles. The molecule has 2 aromatic rings. The second-order valence-electron chi connectivity index (χ2n) is 5.75. The maximum absolute atomic E-state index is 12.3. The Morgan fingerprint density at radius 1 is 1.40 bits per heavy atom. The van der Waals surface area contributed by atoms with Gasteiger partial charge in [0.05, 0.1) is 12.5 Å². The molecule has 3 aliphatic rings. The fourth-order valence-electron chi connectivity index (χ4n) is 3.36. The van der Waals surface area contributed by atoms with Gasteiger partial charge in [0.15, 0.2) is 5.58 Å². The van der Waals surface area contributed by atoms with Crippen LogP contribution in [0.15, 0.2) is 29.0 Å². The number of hydrogen-bond acceptors (Lipinski definition) is 4. The minimum Gasteiger partial charge on any atom is -0.463 e. The van der Waals surface area contributed by atoms with Crippen LogP contribution < -0.4 is 5.32 Å². The van der Waals surface area contributed by atoms with Gasteiger partial charge in [0.25, 0.3) is 5.91 Å². The van der Waals surface area contributed by atoms with Gasteiger partial charge in [0.2, 0.25) is 0 Å². The molecule has 20 heavy (non-hydrogen) atoms. The summed E-state index contributed by atoms with van der Waals surface area (Å²) in [6.45, 7) is 3.33. The van der Waals surface area contributed by atoms with Gasteiger partial charge in [-0.1, -0.05) is 0 Å². The lowest BCUT2D eigenvalue weighted by atomic mass is 9.84. The maximum Gasteiger partial charge on any atom is 0.270 e. The van der Waals surface area contributed by atoms with Gasteiger partial charge in [0, 0.05) is 18.0 Å². The summed E-state index contributed by atoms with van der Waals surface area (Å²) >= 11 is 0. The number of piperidine rings is 3. The molecule has 5 rings (SSSR count). The fourth-order valence-corrected chi connectivity index (χ4v) is 3.36. The molecule has 3 aliphatic heterocycles. The zero-order valence-corrected chi connectivity index (χ0v) is 11.2. The van der Waals surface area contributed by atoms with Crippen LogP contribution >= 0.6 is 0 Å². The number of pyridine rings is 1. The summed E-state index contributed by atoms with van der Waals surface area (Å²) in [6.07, 6.45) is 5.61. The predicted octanol–water partition coefficient (Wildman–Crippen LogP) is 1.65. The largest absolute Gasteiger partial charge is 0.463 e. The smallest absolute Gasteiger partial charge is 0.270 e. The molecular formula is C15H17N3O2. The van der Waals surface area contributed by atoms with Crippen LogP contribution in [0.3, 0.4) is 0 Å². The summed E-state index contributed by atoms with van der Waals surface area (Å²) in [5, 5.41) is 4.07. The molecule has 5 nitrogen and oxygen atoms in total. The SMILES string of the molecule is O=C(NC1CN2CCC1CC2)c1cc2ccoc2cn1. The van der Waals surface area contributed by atoms with E-state index in [0.717, 1.165) is 11.9 Å². The molecule has 3 saturated heterocycles. The number of hydrogen-bond donors (Lipinski definition) is 1. The molecule has 1 unspecified atom stereocenters. The Morgan fingerprint density at radius 2 is 2.25 bits per heavy atom. The van der Waals surface area contributed by atoms with E-state index in [1.807, 2.05) is 6.07 Å². The van der Waals surface area contributed by atoms with Crippen LogP contribution in [0.4, 0.5) is 0 Å². The summed E-state index contributed by atoms with van der Waals surface area (Å²) in [7, 11) is 0. The number of fused-ring (bicyclic) bond motifs is 4. The fraction of sp³-hybridized carbons (Fsp3) is 0.467. The number of carbonyl (C=O) groups is 1. The lowest BCUT2D eigenvalue weighted by Crippen LogP contribution is -2.57. The molecule has 2 bridgehead atoms. The molecule has 3 fully saturated rings. The molecule has 1 amide bonds. The zero-order valence-electron chi connectivity index (χ0n) is 11.2. The average molecular weight is 271 g/mol. The monoisotopic (exact) mass is 271 g/mol. The Bertz CT molecular complexity index is 643. The highest BCUT2D eigenvalue weighted by molar-refractivity contribution is 5.95. The first-order valence-corrected chi connectivity index (χ1v) is 7.16. The summed E-state index contributed by atoms with van der Waals surface area (Å²) < 4.78 is 5.24. The number of rotatable bonds is 2. The quantitative estimate of drug-likeness (QED) is 0.902. The van der Waals surface area contributed by atoms with Gasteiger partial charge in [-0.15, -0.1) is 0 Å². The molecule has 5 heterocycles.